The molecule has 0 aromatic carbocycles. The molecule has 42 heavy (non-hydrogen) atoms. The molecule has 2 atom stereocenters. The molecule has 0 radical (unpaired) electrons. The largest absolute Gasteiger partial charge is 0.481 e. The molecule has 0 aliphatic carbocycles. The molecule has 0 rings (SSSR count). The number of hydrogen-bond donors (Lipinski definition) is 8. The summed E-state index contributed by atoms with van der Waals surface area (Å²) in [5.41, 5.74) is 0. The van der Waals surface area contributed by atoms with Crippen molar-refractivity contribution in [3.63, 3.8) is 0 Å². The number of carboxylic acids is 3. The molecule has 0 heterocycles. The second kappa shape index (κ2) is 28.3. The lowest BCUT2D eigenvalue weighted by atomic mass is 10.1. The summed E-state index contributed by atoms with van der Waals surface area (Å²) >= 11 is 0. The molecule has 0 aliphatic rings. The van der Waals surface area contributed by atoms with Gasteiger partial charge in [0.1, 0.15) is 12.1 Å². The Hall–Kier alpha value is -2.81. The van der Waals surface area contributed by atoms with Crippen LogP contribution in [0.5, 0.6) is 0 Å². The highest BCUT2D eigenvalue weighted by atomic mass is 16.4. The predicted octanol–water partition coefficient (Wildman–Crippen LogP) is 0.956. The number of aliphatic carboxylic acids is 3. The molecular formula is C28H53N3O11. The summed E-state index contributed by atoms with van der Waals surface area (Å²) in [6, 6.07) is -2.65. The van der Waals surface area contributed by atoms with Crippen LogP contribution in [0.1, 0.15) is 96.8 Å². The zero-order chi connectivity index (χ0) is 32.2. The first-order valence-corrected chi connectivity index (χ1v) is 14.8. The van der Waals surface area contributed by atoms with E-state index in [1.54, 1.807) is 4.90 Å². The van der Waals surface area contributed by atoms with Crippen LogP contribution < -0.4 is 10.6 Å². The molecule has 0 aromatic heterocycles. The van der Waals surface area contributed by atoms with Gasteiger partial charge in [0.05, 0.1) is 19.8 Å². The van der Waals surface area contributed by atoms with Crippen molar-refractivity contribution < 1.29 is 54.6 Å². The number of amides is 2. The Morgan fingerprint density at radius 3 is 1.43 bits per heavy atom. The standard InChI is InChI=1S/C22H38N2O8.C6H15NO3/c1-2-3-4-5-6-7-8-9-10-11-18(25)23-16(12-14-19(26)27)21(30)24-17(22(31)32)13-15-20(28)29;8-4-1-7(2-5-9)3-6-10/h16-17H,2-15H2,1H3,(H,23,25)(H,24,30)(H,26,27)(H,28,29)(H,31,32);8-10H,1-6H2/t16-,17-;/m0./s1. The highest BCUT2D eigenvalue weighted by Crippen LogP contribution is 2.11. The van der Waals surface area contributed by atoms with Crippen molar-refractivity contribution in [2.75, 3.05) is 39.5 Å². The molecule has 14 heteroatoms. The van der Waals surface area contributed by atoms with E-state index in [9.17, 15) is 29.1 Å². The van der Waals surface area contributed by atoms with Gasteiger partial charge in [-0.25, -0.2) is 4.79 Å². The predicted molar refractivity (Wildman–Crippen MR) is 155 cm³/mol. The molecule has 8 N–H and O–H groups in total. The average Bonchev–Trinajstić information content (AvgIpc) is 2.92. The molecule has 0 saturated heterocycles. The third kappa shape index (κ3) is 26.1. The van der Waals surface area contributed by atoms with Gasteiger partial charge in [-0.15, -0.1) is 0 Å². The fourth-order valence-corrected chi connectivity index (χ4v) is 3.96. The number of rotatable bonds is 26. The van der Waals surface area contributed by atoms with Crippen molar-refractivity contribution in [2.24, 2.45) is 0 Å². The Bertz CT molecular complexity index is 738. The Kier molecular flexibility index (Phi) is 27.9. The van der Waals surface area contributed by atoms with E-state index in [1.165, 1.54) is 32.1 Å². The van der Waals surface area contributed by atoms with E-state index < -0.39 is 48.2 Å². The number of carbonyl (C=O) groups excluding carboxylic acids is 2. The van der Waals surface area contributed by atoms with Gasteiger partial charge in [0.15, 0.2) is 0 Å². The van der Waals surface area contributed by atoms with Crippen LogP contribution in [-0.2, 0) is 24.0 Å². The first-order valence-electron chi connectivity index (χ1n) is 14.8. The smallest absolute Gasteiger partial charge is 0.326 e. The van der Waals surface area contributed by atoms with Crippen LogP contribution in [0.2, 0.25) is 0 Å². The van der Waals surface area contributed by atoms with Crippen molar-refractivity contribution in [1.82, 2.24) is 15.5 Å². The van der Waals surface area contributed by atoms with E-state index in [2.05, 4.69) is 17.6 Å². The van der Waals surface area contributed by atoms with Gasteiger partial charge in [0, 0.05) is 38.9 Å². The van der Waals surface area contributed by atoms with Crippen molar-refractivity contribution >= 4 is 29.7 Å². The first-order chi connectivity index (χ1) is 20.0. The van der Waals surface area contributed by atoms with Crippen molar-refractivity contribution in [1.29, 1.82) is 0 Å². The zero-order valence-electron chi connectivity index (χ0n) is 25.0. The molecule has 0 saturated carbocycles. The molecule has 0 aromatic rings. The van der Waals surface area contributed by atoms with Crippen LogP contribution >= 0.6 is 0 Å². The van der Waals surface area contributed by atoms with Gasteiger partial charge in [0.2, 0.25) is 11.8 Å². The molecule has 246 valence electrons. The topological polar surface area (TPSA) is 234 Å². The molecule has 14 nitrogen and oxygen atoms in total. The lowest BCUT2D eigenvalue weighted by Crippen LogP contribution is -2.51. The van der Waals surface area contributed by atoms with Gasteiger partial charge in [-0.3, -0.25) is 24.1 Å². The van der Waals surface area contributed by atoms with Crippen LogP contribution in [0, 0.1) is 0 Å². The van der Waals surface area contributed by atoms with E-state index in [0.717, 1.165) is 19.3 Å². The lowest BCUT2D eigenvalue weighted by molar-refractivity contribution is -0.144. The lowest BCUT2D eigenvalue weighted by Gasteiger charge is -2.21. The number of aliphatic hydroxyl groups excluding tert-OH is 3. The SMILES string of the molecule is CCCCCCCCCCCC(=O)N[C@@H](CCC(=O)O)C(=O)N[C@@H](CCC(=O)O)C(=O)O.OCCN(CCO)CCO. The number of hydrogen-bond acceptors (Lipinski definition) is 9. The number of nitrogens with one attached hydrogen (secondary N) is 2. The van der Waals surface area contributed by atoms with Crippen molar-refractivity contribution in [2.45, 2.75) is 109 Å². The maximum Gasteiger partial charge on any atom is 0.326 e. The van der Waals surface area contributed by atoms with E-state index in [0.29, 0.717) is 26.1 Å². The van der Waals surface area contributed by atoms with E-state index in [-0.39, 0.29) is 45.5 Å². The van der Waals surface area contributed by atoms with E-state index in [1.807, 2.05) is 0 Å². The number of aliphatic hydroxyl groups is 3. The second-order valence-electron chi connectivity index (χ2n) is 9.98. The quantitative estimate of drug-likeness (QED) is 0.0642. The van der Waals surface area contributed by atoms with Crippen LogP contribution in [-0.4, -0.2) is 117 Å². The van der Waals surface area contributed by atoms with Crippen molar-refractivity contribution in [3.8, 4) is 0 Å². The summed E-state index contributed by atoms with van der Waals surface area (Å²) in [5, 5.41) is 56.9. The van der Waals surface area contributed by atoms with E-state index >= 15 is 0 Å². The average molecular weight is 608 g/mol. The Balaban J connectivity index is 0. The maximum atomic E-state index is 12.4. The minimum Gasteiger partial charge on any atom is -0.481 e. The normalized spacial score (nSPS) is 12.1. The Morgan fingerprint density at radius 1 is 0.595 bits per heavy atom. The van der Waals surface area contributed by atoms with Gasteiger partial charge in [-0.2, -0.15) is 0 Å². The third-order valence-corrected chi connectivity index (χ3v) is 6.32. The fraction of sp³-hybridized carbons (Fsp3) is 0.821. The number of unbranched alkanes of at least 4 members (excludes halogenated alkanes) is 8. The molecule has 0 spiro atoms. The van der Waals surface area contributed by atoms with Gasteiger partial charge in [0.25, 0.3) is 0 Å². The molecule has 2 amide bonds. The summed E-state index contributed by atoms with van der Waals surface area (Å²) in [6.07, 6.45) is 8.58. The maximum absolute atomic E-state index is 12.4. The second-order valence-corrected chi connectivity index (χ2v) is 9.98. The van der Waals surface area contributed by atoms with Gasteiger partial charge in [-0.05, 0) is 19.3 Å². The summed E-state index contributed by atoms with van der Waals surface area (Å²) in [5.74, 6) is -5.02. The Labute approximate surface area is 248 Å². The van der Waals surface area contributed by atoms with Crippen LogP contribution in [0.3, 0.4) is 0 Å². The van der Waals surface area contributed by atoms with E-state index in [4.69, 9.17) is 25.5 Å². The number of nitrogens with zero attached hydrogens (tertiary/aromatic N) is 1. The van der Waals surface area contributed by atoms with Gasteiger partial charge in [-0.1, -0.05) is 58.3 Å². The summed E-state index contributed by atoms with van der Waals surface area (Å²) in [7, 11) is 0. The summed E-state index contributed by atoms with van der Waals surface area (Å²) in [6.45, 7) is 3.92. The van der Waals surface area contributed by atoms with Gasteiger partial charge < -0.3 is 41.3 Å². The zero-order valence-corrected chi connectivity index (χ0v) is 25.0. The molecule has 0 aliphatic heterocycles. The molecule has 0 unspecified atom stereocenters. The van der Waals surface area contributed by atoms with Gasteiger partial charge >= 0.3 is 17.9 Å². The first kappa shape index (κ1) is 41.3. The van der Waals surface area contributed by atoms with Crippen LogP contribution in [0.25, 0.3) is 0 Å². The highest BCUT2D eigenvalue weighted by molar-refractivity contribution is 5.90. The van der Waals surface area contributed by atoms with Crippen LogP contribution in [0.15, 0.2) is 0 Å². The van der Waals surface area contributed by atoms with Crippen molar-refractivity contribution in [3.05, 3.63) is 0 Å². The summed E-state index contributed by atoms with van der Waals surface area (Å²) in [4.78, 5) is 59.3. The van der Waals surface area contributed by atoms with Crippen LogP contribution in [0.4, 0.5) is 0 Å². The Morgan fingerprint density at radius 2 is 1.02 bits per heavy atom. The number of carboxylic acid groups (broad SMARTS) is 3. The summed E-state index contributed by atoms with van der Waals surface area (Å²) < 4.78 is 0. The molecular weight excluding hydrogens is 554 g/mol. The highest BCUT2D eigenvalue weighted by Gasteiger charge is 2.27. The minimum absolute atomic E-state index is 0.0694. The third-order valence-electron chi connectivity index (χ3n) is 6.32. The number of carbonyl (C=O) groups is 5. The molecule has 0 fully saturated rings. The molecule has 0 bridgehead atoms. The minimum atomic E-state index is -1.44. The fourth-order valence-electron chi connectivity index (χ4n) is 3.96. The monoisotopic (exact) mass is 607 g/mol.